The molecule has 0 heterocycles. The van der Waals surface area contributed by atoms with Gasteiger partial charge in [-0.15, -0.1) is 0 Å². The molecule has 0 fully saturated rings. The van der Waals surface area contributed by atoms with Crippen LogP contribution in [0.4, 0.5) is 0 Å². The first-order valence-corrected chi connectivity index (χ1v) is 14.2. The Balaban J connectivity index is 3.64. The molecule has 2 N–H and O–H groups in total. The van der Waals surface area contributed by atoms with Gasteiger partial charge in [0.1, 0.15) is 5.78 Å². The molecule has 7 heteroatoms. The van der Waals surface area contributed by atoms with E-state index in [4.69, 9.17) is 5.73 Å². The summed E-state index contributed by atoms with van der Waals surface area (Å²) in [6, 6.07) is -0.446. The second kappa shape index (κ2) is 18.0. The van der Waals surface area contributed by atoms with Crippen molar-refractivity contribution < 1.29 is 22.2 Å². The van der Waals surface area contributed by atoms with E-state index in [1.165, 1.54) is 70.6 Å². The number of carbonyl (C=O) groups excluding carboxylic acids is 1. The minimum Gasteiger partial charge on any atom is -0.748 e. The Kier molecular flexibility index (Phi) is 17.7. The van der Waals surface area contributed by atoms with Crippen LogP contribution < -0.4 is 5.73 Å². The lowest BCUT2D eigenvalue weighted by Crippen LogP contribution is -2.45. The van der Waals surface area contributed by atoms with Crippen LogP contribution >= 0.6 is 0 Å². The van der Waals surface area contributed by atoms with Gasteiger partial charge < -0.3 is 14.8 Å². The maximum atomic E-state index is 12.3. The fraction of sp³-hybridized carbons (Fsp3) is 0.958. The van der Waals surface area contributed by atoms with E-state index in [1.807, 2.05) is 14.1 Å². The van der Waals surface area contributed by atoms with Crippen molar-refractivity contribution in [1.82, 2.24) is 0 Å². The summed E-state index contributed by atoms with van der Waals surface area (Å²) >= 11 is 0. The van der Waals surface area contributed by atoms with Crippen LogP contribution in [0.3, 0.4) is 0 Å². The number of hydrogen-bond acceptors (Lipinski definition) is 5. The standard InChI is InChI=1S/C24H50N2O4S/c1-4-5-6-7-8-9-10-11-12-13-14-15-16-18-24(27)23(25)19-21-26(2,3)20-17-22-31(28,29)30/h23H,4-22,25H2,1-3H3. The molecular formula is C24H50N2O4S. The highest BCUT2D eigenvalue weighted by atomic mass is 32.2. The third-order valence-corrected chi connectivity index (χ3v) is 6.93. The molecule has 186 valence electrons. The number of ketones is 1. The molecule has 1 unspecified atom stereocenters. The van der Waals surface area contributed by atoms with Crippen molar-refractivity contribution in [3.63, 3.8) is 0 Å². The Hall–Kier alpha value is -0.500. The highest BCUT2D eigenvalue weighted by molar-refractivity contribution is 7.85. The van der Waals surface area contributed by atoms with Gasteiger partial charge in [-0.3, -0.25) is 4.79 Å². The van der Waals surface area contributed by atoms with Crippen LogP contribution in [0.5, 0.6) is 0 Å². The lowest BCUT2D eigenvalue weighted by Gasteiger charge is -2.31. The number of quaternary nitrogens is 1. The normalized spacial score (nSPS) is 13.5. The topological polar surface area (TPSA) is 100 Å². The van der Waals surface area contributed by atoms with Crippen LogP contribution in [0.1, 0.15) is 110 Å². The van der Waals surface area contributed by atoms with Gasteiger partial charge in [0.25, 0.3) is 0 Å². The number of carbonyl (C=O) groups is 1. The van der Waals surface area contributed by atoms with Gasteiger partial charge in [-0.1, -0.05) is 84.0 Å². The summed E-state index contributed by atoms with van der Waals surface area (Å²) in [4.78, 5) is 12.3. The first-order valence-electron chi connectivity index (χ1n) is 12.6. The molecule has 0 amide bonds. The van der Waals surface area contributed by atoms with E-state index in [9.17, 15) is 17.8 Å². The Bertz CT molecular complexity index is 550. The summed E-state index contributed by atoms with van der Waals surface area (Å²) in [7, 11) is -0.211. The highest BCUT2D eigenvalue weighted by Gasteiger charge is 2.20. The van der Waals surface area contributed by atoms with E-state index >= 15 is 0 Å². The second-order valence-corrected chi connectivity index (χ2v) is 11.4. The summed E-state index contributed by atoms with van der Waals surface area (Å²) < 4.78 is 32.7. The zero-order valence-electron chi connectivity index (χ0n) is 20.6. The molecule has 1 atom stereocenters. The summed E-state index contributed by atoms with van der Waals surface area (Å²) in [6.07, 6.45) is 18.2. The summed E-state index contributed by atoms with van der Waals surface area (Å²) in [5.41, 5.74) is 6.06. The number of rotatable bonds is 22. The van der Waals surface area contributed by atoms with Gasteiger partial charge in [0.05, 0.1) is 43.3 Å². The van der Waals surface area contributed by atoms with Gasteiger partial charge in [0, 0.05) is 25.0 Å². The van der Waals surface area contributed by atoms with Crippen LogP contribution in [0, 0.1) is 0 Å². The Morgan fingerprint density at radius 1 is 0.806 bits per heavy atom. The van der Waals surface area contributed by atoms with Crippen LogP contribution in [-0.4, -0.2) is 62.2 Å². The number of hydrogen-bond donors (Lipinski definition) is 1. The van der Waals surface area contributed by atoms with Gasteiger partial charge in [0.15, 0.2) is 0 Å². The summed E-state index contributed by atoms with van der Waals surface area (Å²) in [6.45, 7) is 3.54. The monoisotopic (exact) mass is 462 g/mol. The number of nitrogens with two attached hydrogens (primary N) is 1. The average Bonchev–Trinajstić information content (AvgIpc) is 2.68. The molecule has 0 radical (unpaired) electrons. The Morgan fingerprint density at radius 3 is 1.71 bits per heavy atom. The molecule has 0 aliphatic heterocycles. The molecule has 31 heavy (non-hydrogen) atoms. The SMILES string of the molecule is CCCCCCCCCCCCCCCC(=O)C(N)CC[N+](C)(C)CCCS(=O)(=O)[O-]. The summed E-state index contributed by atoms with van der Waals surface area (Å²) in [5, 5.41) is 0. The highest BCUT2D eigenvalue weighted by Crippen LogP contribution is 2.13. The van der Waals surface area contributed by atoms with E-state index in [0.717, 1.165) is 12.8 Å². The molecule has 0 saturated carbocycles. The molecule has 0 aliphatic rings. The van der Waals surface area contributed by atoms with Crippen LogP contribution in [0.25, 0.3) is 0 Å². The lowest BCUT2D eigenvalue weighted by atomic mass is 10.0. The smallest absolute Gasteiger partial charge is 0.149 e. The zero-order valence-corrected chi connectivity index (χ0v) is 21.4. The van der Waals surface area contributed by atoms with Crippen LogP contribution in [0.2, 0.25) is 0 Å². The lowest BCUT2D eigenvalue weighted by molar-refractivity contribution is -0.890. The Morgan fingerprint density at radius 2 is 1.26 bits per heavy atom. The van der Waals surface area contributed by atoms with E-state index in [-0.39, 0.29) is 11.5 Å². The van der Waals surface area contributed by atoms with Gasteiger partial charge in [0.2, 0.25) is 0 Å². The van der Waals surface area contributed by atoms with Crippen molar-refractivity contribution in [2.75, 3.05) is 32.9 Å². The molecule has 0 bridgehead atoms. The Labute approximate surface area is 192 Å². The van der Waals surface area contributed by atoms with Gasteiger partial charge >= 0.3 is 0 Å². The predicted octanol–water partition coefficient (Wildman–Crippen LogP) is 4.77. The number of nitrogens with zero attached hydrogens (tertiary/aromatic N) is 1. The molecule has 0 aromatic carbocycles. The molecule has 0 aliphatic carbocycles. The van der Waals surface area contributed by atoms with Crippen molar-refractivity contribution in [3.05, 3.63) is 0 Å². The average molecular weight is 463 g/mol. The third-order valence-electron chi connectivity index (χ3n) is 6.14. The van der Waals surface area contributed by atoms with Gasteiger partial charge in [-0.05, 0) is 6.42 Å². The van der Waals surface area contributed by atoms with E-state index in [2.05, 4.69) is 6.92 Å². The van der Waals surface area contributed by atoms with E-state index in [1.54, 1.807) is 0 Å². The first-order chi connectivity index (χ1) is 14.6. The molecule has 0 saturated heterocycles. The third kappa shape index (κ3) is 21.1. The van der Waals surface area contributed by atoms with Crippen molar-refractivity contribution >= 4 is 15.9 Å². The van der Waals surface area contributed by atoms with Gasteiger partial charge in [-0.25, -0.2) is 8.42 Å². The fourth-order valence-electron chi connectivity index (χ4n) is 3.93. The molecule has 0 rings (SSSR count). The number of unbranched alkanes of at least 4 members (excludes halogenated alkanes) is 12. The van der Waals surface area contributed by atoms with E-state index < -0.39 is 16.2 Å². The maximum absolute atomic E-state index is 12.3. The second-order valence-electron chi connectivity index (χ2n) is 9.85. The van der Waals surface area contributed by atoms with Crippen molar-refractivity contribution in [2.24, 2.45) is 5.73 Å². The van der Waals surface area contributed by atoms with Crippen molar-refractivity contribution in [1.29, 1.82) is 0 Å². The molecule has 6 nitrogen and oxygen atoms in total. The minimum atomic E-state index is -4.16. The molecule has 0 spiro atoms. The summed E-state index contributed by atoms with van der Waals surface area (Å²) in [5.74, 6) is -0.205. The van der Waals surface area contributed by atoms with Crippen LogP contribution in [-0.2, 0) is 14.9 Å². The largest absolute Gasteiger partial charge is 0.748 e. The number of Topliss-reactive ketones (excluding diaryl/α,β-unsaturated/α-hetero) is 1. The van der Waals surface area contributed by atoms with Crippen molar-refractivity contribution in [3.8, 4) is 0 Å². The molecule has 0 aromatic rings. The zero-order chi connectivity index (χ0) is 23.6. The van der Waals surface area contributed by atoms with Crippen LogP contribution in [0.15, 0.2) is 0 Å². The first kappa shape index (κ1) is 30.5. The quantitative estimate of drug-likeness (QED) is 0.142. The molecular weight excluding hydrogens is 412 g/mol. The molecule has 0 aromatic heterocycles. The maximum Gasteiger partial charge on any atom is 0.149 e. The minimum absolute atomic E-state index is 0.130. The van der Waals surface area contributed by atoms with Gasteiger partial charge in [-0.2, -0.15) is 0 Å². The predicted molar refractivity (Wildman–Crippen MR) is 129 cm³/mol. The van der Waals surface area contributed by atoms with Crippen molar-refractivity contribution in [2.45, 2.75) is 116 Å². The van der Waals surface area contributed by atoms with E-state index in [0.29, 0.717) is 36.8 Å². The fourth-order valence-corrected chi connectivity index (χ4v) is 4.42.